The zero-order valence-electron chi connectivity index (χ0n) is 13.1. The summed E-state index contributed by atoms with van der Waals surface area (Å²) in [7, 11) is 0. The second-order valence-corrected chi connectivity index (χ2v) is 6.76. The highest BCUT2D eigenvalue weighted by atomic mass is 32.2. The van der Waals surface area contributed by atoms with Gasteiger partial charge in [0.1, 0.15) is 12.4 Å². The quantitative estimate of drug-likeness (QED) is 0.799. The number of thioether (sulfide) groups is 1. The van der Waals surface area contributed by atoms with Crippen molar-refractivity contribution < 1.29 is 9.53 Å². The van der Waals surface area contributed by atoms with Crippen LogP contribution in [0.3, 0.4) is 0 Å². The number of carbonyl (C=O) groups is 1. The van der Waals surface area contributed by atoms with Gasteiger partial charge < -0.3 is 15.4 Å². The molecule has 3 rings (SSSR count). The van der Waals surface area contributed by atoms with Crippen LogP contribution in [0.2, 0.25) is 0 Å². The zero-order chi connectivity index (χ0) is 15.9. The standard InChI is InChI=1S/C18H22N2O2S/c21-18(12-15-13-23-11-9-19-15)20-8-10-22-17-7-3-5-14-4-1-2-6-16(14)17/h1-7,15,19H,8-13H2,(H,20,21). The molecular formula is C18H22N2O2S. The Bertz CT molecular complexity index is 651. The molecule has 23 heavy (non-hydrogen) atoms. The summed E-state index contributed by atoms with van der Waals surface area (Å²) in [6.45, 7) is 2.00. The minimum absolute atomic E-state index is 0.0894. The number of ether oxygens (including phenoxy) is 1. The van der Waals surface area contributed by atoms with Crippen molar-refractivity contribution in [2.24, 2.45) is 0 Å². The van der Waals surface area contributed by atoms with E-state index in [0.29, 0.717) is 25.6 Å². The van der Waals surface area contributed by atoms with Crippen LogP contribution in [-0.4, -0.2) is 43.2 Å². The Morgan fingerprint density at radius 1 is 1.26 bits per heavy atom. The summed E-state index contributed by atoms with van der Waals surface area (Å²) in [6, 6.07) is 14.5. The van der Waals surface area contributed by atoms with Crippen LogP contribution < -0.4 is 15.4 Å². The average molecular weight is 330 g/mol. The van der Waals surface area contributed by atoms with Gasteiger partial charge in [0.05, 0.1) is 6.54 Å². The zero-order valence-corrected chi connectivity index (χ0v) is 13.9. The van der Waals surface area contributed by atoms with Crippen LogP contribution in [0.25, 0.3) is 10.8 Å². The third kappa shape index (κ3) is 4.62. The van der Waals surface area contributed by atoms with E-state index >= 15 is 0 Å². The van der Waals surface area contributed by atoms with Crippen LogP contribution in [0.4, 0.5) is 0 Å². The number of rotatable bonds is 6. The summed E-state index contributed by atoms with van der Waals surface area (Å²) in [6.07, 6.45) is 0.543. The first kappa shape index (κ1) is 16.1. The van der Waals surface area contributed by atoms with Gasteiger partial charge in [-0.1, -0.05) is 36.4 Å². The first-order valence-corrected chi connectivity index (χ1v) is 9.17. The van der Waals surface area contributed by atoms with Gasteiger partial charge in [0.15, 0.2) is 0 Å². The topological polar surface area (TPSA) is 50.4 Å². The van der Waals surface area contributed by atoms with Gasteiger partial charge in [-0.3, -0.25) is 4.79 Å². The highest BCUT2D eigenvalue weighted by Crippen LogP contribution is 2.24. The molecule has 1 amide bonds. The van der Waals surface area contributed by atoms with Crippen molar-refractivity contribution in [3.05, 3.63) is 42.5 Å². The van der Waals surface area contributed by atoms with Crippen LogP contribution in [0.1, 0.15) is 6.42 Å². The van der Waals surface area contributed by atoms with Gasteiger partial charge in [-0.05, 0) is 11.5 Å². The van der Waals surface area contributed by atoms with Crippen molar-refractivity contribution in [3.63, 3.8) is 0 Å². The Labute approximate surface area is 141 Å². The van der Waals surface area contributed by atoms with Gasteiger partial charge in [0.2, 0.25) is 5.91 Å². The van der Waals surface area contributed by atoms with E-state index < -0.39 is 0 Å². The third-order valence-electron chi connectivity index (χ3n) is 3.86. The van der Waals surface area contributed by atoms with E-state index in [4.69, 9.17) is 4.74 Å². The molecule has 1 aliphatic heterocycles. The van der Waals surface area contributed by atoms with Crippen molar-refractivity contribution in [2.75, 3.05) is 31.2 Å². The summed E-state index contributed by atoms with van der Waals surface area (Å²) in [5.41, 5.74) is 0. The van der Waals surface area contributed by atoms with E-state index in [1.165, 1.54) is 0 Å². The normalized spacial score (nSPS) is 17.8. The summed E-state index contributed by atoms with van der Waals surface area (Å²) in [4.78, 5) is 11.9. The number of amides is 1. The van der Waals surface area contributed by atoms with Gasteiger partial charge in [-0.25, -0.2) is 0 Å². The first-order chi connectivity index (χ1) is 11.3. The molecule has 0 aromatic heterocycles. The van der Waals surface area contributed by atoms with Crippen molar-refractivity contribution in [3.8, 4) is 5.75 Å². The molecule has 4 nitrogen and oxygen atoms in total. The van der Waals surface area contributed by atoms with Crippen molar-refractivity contribution in [1.29, 1.82) is 0 Å². The Kier molecular flexibility index (Phi) is 5.77. The molecular weight excluding hydrogens is 308 g/mol. The molecule has 1 aliphatic rings. The van der Waals surface area contributed by atoms with E-state index in [0.717, 1.165) is 34.6 Å². The molecule has 1 fully saturated rings. The Balaban J connectivity index is 1.43. The molecule has 1 saturated heterocycles. The summed E-state index contributed by atoms with van der Waals surface area (Å²) >= 11 is 1.90. The molecule has 2 aromatic carbocycles. The molecule has 1 heterocycles. The fraction of sp³-hybridized carbons (Fsp3) is 0.389. The highest BCUT2D eigenvalue weighted by molar-refractivity contribution is 7.99. The van der Waals surface area contributed by atoms with Crippen LogP contribution in [0.5, 0.6) is 5.75 Å². The predicted molar refractivity (Wildman–Crippen MR) is 96.2 cm³/mol. The minimum Gasteiger partial charge on any atom is -0.491 e. The maximum Gasteiger partial charge on any atom is 0.221 e. The number of hydrogen-bond donors (Lipinski definition) is 2. The fourth-order valence-corrected chi connectivity index (χ4v) is 3.67. The SMILES string of the molecule is O=C(CC1CSCCN1)NCCOc1cccc2ccccc12. The number of nitrogens with one attached hydrogen (secondary N) is 2. The molecule has 0 radical (unpaired) electrons. The van der Waals surface area contributed by atoms with E-state index in [9.17, 15) is 4.79 Å². The molecule has 2 aromatic rings. The monoisotopic (exact) mass is 330 g/mol. The Morgan fingerprint density at radius 2 is 2.13 bits per heavy atom. The summed E-state index contributed by atoms with van der Waals surface area (Å²) in [5.74, 6) is 3.10. The smallest absolute Gasteiger partial charge is 0.221 e. The predicted octanol–water partition coefficient (Wildman–Crippen LogP) is 2.43. The summed E-state index contributed by atoms with van der Waals surface area (Å²) < 4.78 is 5.83. The Hall–Kier alpha value is -1.72. The van der Waals surface area contributed by atoms with Crippen LogP contribution in [-0.2, 0) is 4.79 Å². The van der Waals surface area contributed by atoms with Gasteiger partial charge in [0.25, 0.3) is 0 Å². The molecule has 1 atom stereocenters. The number of benzene rings is 2. The van der Waals surface area contributed by atoms with E-state index in [-0.39, 0.29) is 5.91 Å². The van der Waals surface area contributed by atoms with Gasteiger partial charge in [-0.2, -0.15) is 11.8 Å². The second kappa shape index (κ2) is 8.22. The van der Waals surface area contributed by atoms with Crippen LogP contribution >= 0.6 is 11.8 Å². The van der Waals surface area contributed by atoms with Crippen LogP contribution in [0.15, 0.2) is 42.5 Å². The van der Waals surface area contributed by atoms with Crippen molar-refractivity contribution >= 4 is 28.4 Å². The largest absolute Gasteiger partial charge is 0.491 e. The lowest BCUT2D eigenvalue weighted by atomic mass is 10.1. The number of hydrogen-bond acceptors (Lipinski definition) is 4. The Morgan fingerprint density at radius 3 is 3.00 bits per heavy atom. The number of carbonyl (C=O) groups excluding carboxylic acids is 1. The second-order valence-electron chi connectivity index (χ2n) is 5.61. The lowest BCUT2D eigenvalue weighted by Crippen LogP contribution is -2.41. The molecule has 2 N–H and O–H groups in total. The lowest BCUT2D eigenvalue weighted by Gasteiger charge is -2.22. The van der Waals surface area contributed by atoms with Crippen molar-refractivity contribution in [1.82, 2.24) is 10.6 Å². The fourth-order valence-electron chi connectivity index (χ4n) is 2.72. The molecule has 1 unspecified atom stereocenters. The van der Waals surface area contributed by atoms with E-state index in [1.54, 1.807) is 0 Å². The molecule has 0 spiro atoms. The maximum atomic E-state index is 11.9. The molecule has 122 valence electrons. The van der Waals surface area contributed by atoms with Gasteiger partial charge >= 0.3 is 0 Å². The highest BCUT2D eigenvalue weighted by Gasteiger charge is 2.16. The van der Waals surface area contributed by atoms with Crippen LogP contribution in [0, 0.1) is 0 Å². The maximum absolute atomic E-state index is 11.9. The average Bonchev–Trinajstić information content (AvgIpc) is 2.60. The molecule has 0 bridgehead atoms. The first-order valence-electron chi connectivity index (χ1n) is 8.01. The molecule has 0 saturated carbocycles. The van der Waals surface area contributed by atoms with Crippen molar-refractivity contribution in [2.45, 2.75) is 12.5 Å². The summed E-state index contributed by atoms with van der Waals surface area (Å²) in [5, 5.41) is 8.57. The minimum atomic E-state index is 0.0894. The van der Waals surface area contributed by atoms with Gasteiger partial charge in [-0.15, -0.1) is 0 Å². The van der Waals surface area contributed by atoms with E-state index in [1.807, 2.05) is 36.0 Å². The molecule has 5 heteroatoms. The van der Waals surface area contributed by atoms with Gasteiger partial charge in [0, 0.05) is 35.9 Å². The lowest BCUT2D eigenvalue weighted by molar-refractivity contribution is -0.121. The number of fused-ring (bicyclic) bond motifs is 1. The van der Waals surface area contributed by atoms with E-state index in [2.05, 4.69) is 28.8 Å². The third-order valence-corrected chi connectivity index (χ3v) is 4.99. The molecule has 0 aliphatic carbocycles.